The van der Waals surface area contributed by atoms with Gasteiger partial charge >= 0.3 is 0 Å². The zero-order valence-electron chi connectivity index (χ0n) is 16.5. The summed E-state index contributed by atoms with van der Waals surface area (Å²) < 4.78 is 6.11. The molecule has 8 heteroatoms. The van der Waals surface area contributed by atoms with Gasteiger partial charge in [-0.25, -0.2) is 0 Å². The van der Waals surface area contributed by atoms with Crippen molar-refractivity contribution in [2.24, 2.45) is 0 Å². The van der Waals surface area contributed by atoms with Gasteiger partial charge in [0.2, 0.25) is 0 Å². The minimum Gasteiger partial charge on any atom is -0.489 e. The summed E-state index contributed by atoms with van der Waals surface area (Å²) in [5, 5.41) is 11.6. The van der Waals surface area contributed by atoms with Crippen LogP contribution in [-0.4, -0.2) is 20.4 Å². The van der Waals surface area contributed by atoms with Crippen LogP contribution < -0.4 is 15.9 Å². The number of para-hydroxylation sites is 1. The van der Waals surface area contributed by atoms with Gasteiger partial charge in [-0.1, -0.05) is 41.9 Å². The van der Waals surface area contributed by atoms with Crippen molar-refractivity contribution in [1.29, 1.82) is 0 Å². The molecule has 0 fully saturated rings. The molecule has 2 aromatic heterocycles. The van der Waals surface area contributed by atoms with Crippen molar-refractivity contribution in [2.45, 2.75) is 26.4 Å². The summed E-state index contributed by atoms with van der Waals surface area (Å²) in [6.07, 6.45) is 0. The second-order valence-electron chi connectivity index (χ2n) is 7.12. The van der Waals surface area contributed by atoms with E-state index >= 15 is 0 Å². The first-order valence-corrected chi connectivity index (χ1v) is 9.84. The zero-order chi connectivity index (χ0) is 21.3. The summed E-state index contributed by atoms with van der Waals surface area (Å²) in [6, 6.07) is 14.8. The lowest BCUT2D eigenvalue weighted by atomic mass is 9.85. The third-order valence-corrected chi connectivity index (χ3v) is 5.39. The van der Waals surface area contributed by atoms with Crippen LogP contribution in [0.3, 0.4) is 0 Å². The van der Waals surface area contributed by atoms with Crippen LogP contribution in [0.15, 0.2) is 58.1 Å². The molecule has 0 spiro atoms. The number of nitrogens with one attached hydrogen (secondary N) is 4. The van der Waals surface area contributed by atoms with Crippen LogP contribution in [0.2, 0.25) is 5.02 Å². The summed E-state index contributed by atoms with van der Waals surface area (Å²) in [6.45, 7) is 3.92. The molecule has 154 valence electrons. The molecule has 0 bridgehead atoms. The molecule has 0 saturated carbocycles. The Morgan fingerprint density at radius 3 is 1.93 bits per heavy atom. The SMILES string of the molecule is Cc1[nH][nH]c(=O)c1C(c1ccccc1OCc1ccc(Cl)cc1)c1c(C)[nH][nH]c1=O. The number of aromatic amines is 4. The van der Waals surface area contributed by atoms with Crippen molar-refractivity contribution in [1.82, 2.24) is 20.4 Å². The second-order valence-corrected chi connectivity index (χ2v) is 7.56. The normalized spacial score (nSPS) is 11.2. The minimum atomic E-state index is -0.601. The number of aromatic nitrogens is 4. The lowest BCUT2D eigenvalue weighted by Gasteiger charge is -2.20. The molecule has 0 saturated heterocycles. The Balaban J connectivity index is 1.81. The number of rotatable bonds is 6. The second kappa shape index (κ2) is 8.12. The molecule has 0 aliphatic heterocycles. The third kappa shape index (κ3) is 3.71. The summed E-state index contributed by atoms with van der Waals surface area (Å²) in [5.41, 5.74) is 3.42. The quantitative estimate of drug-likeness (QED) is 0.378. The van der Waals surface area contributed by atoms with Crippen molar-refractivity contribution >= 4 is 11.6 Å². The molecule has 0 unspecified atom stereocenters. The van der Waals surface area contributed by atoms with Crippen LogP contribution in [0.4, 0.5) is 0 Å². The molecule has 0 amide bonds. The topological polar surface area (TPSA) is 107 Å². The highest BCUT2D eigenvalue weighted by molar-refractivity contribution is 6.30. The maximum absolute atomic E-state index is 12.6. The standard InChI is InChI=1S/C22H21ClN4O3/c1-12-18(21(28)26-24-12)20(19-13(2)25-27-22(19)29)16-5-3-4-6-17(16)30-11-14-7-9-15(23)10-8-14/h3-10,20H,11H2,1-2H3,(H2,24,26,28)(H2,25,27,29). The van der Waals surface area contributed by atoms with Crippen molar-refractivity contribution < 1.29 is 4.74 Å². The summed E-state index contributed by atoms with van der Waals surface area (Å²) in [7, 11) is 0. The van der Waals surface area contributed by atoms with Crippen LogP contribution in [0, 0.1) is 13.8 Å². The summed E-state index contributed by atoms with van der Waals surface area (Å²) in [5.74, 6) is -0.00568. The van der Waals surface area contributed by atoms with Gasteiger partial charge in [-0.05, 0) is 37.6 Å². The molecule has 7 nitrogen and oxygen atoms in total. The van der Waals surface area contributed by atoms with E-state index in [2.05, 4.69) is 20.4 Å². The monoisotopic (exact) mass is 424 g/mol. The molecular weight excluding hydrogens is 404 g/mol. The predicted octanol–water partition coefficient (Wildman–Crippen LogP) is 3.75. The number of hydrogen-bond donors (Lipinski definition) is 4. The van der Waals surface area contributed by atoms with Crippen molar-refractivity contribution in [3.05, 3.63) is 108 Å². The molecule has 30 heavy (non-hydrogen) atoms. The van der Waals surface area contributed by atoms with Gasteiger partial charge in [0, 0.05) is 22.0 Å². The summed E-state index contributed by atoms with van der Waals surface area (Å²) in [4.78, 5) is 25.3. The first-order chi connectivity index (χ1) is 14.5. The molecule has 4 N–H and O–H groups in total. The Bertz CT molecular complexity index is 1230. The first kappa shape index (κ1) is 19.8. The third-order valence-electron chi connectivity index (χ3n) is 5.14. The number of hydrogen-bond acceptors (Lipinski definition) is 3. The van der Waals surface area contributed by atoms with Crippen LogP contribution in [0.1, 0.15) is 39.6 Å². The highest BCUT2D eigenvalue weighted by Gasteiger charge is 2.30. The number of aryl methyl sites for hydroxylation is 2. The molecule has 4 rings (SSSR count). The Kier molecular flexibility index (Phi) is 5.37. The number of halogens is 1. The van der Waals surface area contributed by atoms with E-state index in [0.29, 0.717) is 39.9 Å². The van der Waals surface area contributed by atoms with E-state index in [-0.39, 0.29) is 11.1 Å². The van der Waals surface area contributed by atoms with Crippen LogP contribution >= 0.6 is 11.6 Å². The zero-order valence-corrected chi connectivity index (χ0v) is 17.3. The van der Waals surface area contributed by atoms with Gasteiger partial charge in [-0.15, -0.1) is 0 Å². The Hall–Kier alpha value is -3.45. The Morgan fingerprint density at radius 2 is 1.40 bits per heavy atom. The van der Waals surface area contributed by atoms with E-state index in [9.17, 15) is 9.59 Å². The van der Waals surface area contributed by atoms with E-state index in [1.807, 2.05) is 36.4 Å². The van der Waals surface area contributed by atoms with E-state index in [1.54, 1.807) is 26.0 Å². The van der Waals surface area contributed by atoms with Crippen molar-refractivity contribution in [3.8, 4) is 5.75 Å². The van der Waals surface area contributed by atoms with Crippen LogP contribution in [0.25, 0.3) is 0 Å². The fourth-order valence-corrected chi connectivity index (χ4v) is 3.78. The highest BCUT2D eigenvalue weighted by Crippen LogP contribution is 2.36. The fourth-order valence-electron chi connectivity index (χ4n) is 3.65. The van der Waals surface area contributed by atoms with Gasteiger partial charge < -0.3 is 14.9 Å². The average molecular weight is 425 g/mol. The maximum atomic E-state index is 12.6. The lowest BCUT2D eigenvalue weighted by molar-refractivity contribution is 0.302. The Morgan fingerprint density at radius 1 is 0.833 bits per heavy atom. The molecule has 2 heterocycles. The Labute approximate surface area is 177 Å². The van der Waals surface area contributed by atoms with Gasteiger partial charge in [0.25, 0.3) is 11.1 Å². The molecular formula is C22H21ClN4O3. The predicted molar refractivity (Wildman–Crippen MR) is 115 cm³/mol. The van der Waals surface area contributed by atoms with Gasteiger partial charge in [0.15, 0.2) is 0 Å². The van der Waals surface area contributed by atoms with Gasteiger partial charge in [0.05, 0.1) is 17.0 Å². The van der Waals surface area contributed by atoms with E-state index < -0.39 is 5.92 Å². The van der Waals surface area contributed by atoms with Gasteiger partial charge in [0.1, 0.15) is 12.4 Å². The smallest absolute Gasteiger partial charge is 0.268 e. The molecule has 0 radical (unpaired) electrons. The van der Waals surface area contributed by atoms with Gasteiger partial charge in [-0.2, -0.15) is 0 Å². The van der Waals surface area contributed by atoms with Crippen molar-refractivity contribution in [3.63, 3.8) is 0 Å². The highest BCUT2D eigenvalue weighted by atomic mass is 35.5. The average Bonchev–Trinajstić information content (AvgIpc) is 3.25. The maximum Gasteiger partial charge on any atom is 0.268 e. The molecule has 4 aromatic rings. The van der Waals surface area contributed by atoms with Crippen LogP contribution in [0.5, 0.6) is 5.75 Å². The molecule has 2 aromatic carbocycles. The van der Waals surface area contributed by atoms with E-state index in [0.717, 1.165) is 11.1 Å². The molecule has 0 aliphatic carbocycles. The largest absolute Gasteiger partial charge is 0.489 e. The lowest BCUT2D eigenvalue weighted by Crippen LogP contribution is -2.21. The number of benzene rings is 2. The van der Waals surface area contributed by atoms with Crippen LogP contribution in [-0.2, 0) is 6.61 Å². The van der Waals surface area contributed by atoms with E-state index in [1.165, 1.54) is 0 Å². The minimum absolute atomic E-state index is 0.273. The molecule has 0 aliphatic rings. The van der Waals surface area contributed by atoms with Gasteiger partial charge in [-0.3, -0.25) is 19.8 Å². The first-order valence-electron chi connectivity index (χ1n) is 9.46. The van der Waals surface area contributed by atoms with Crippen molar-refractivity contribution in [2.75, 3.05) is 0 Å². The number of H-pyrrole nitrogens is 4. The van der Waals surface area contributed by atoms with E-state index in [4.69, 9.17) is 16.3 Å². The fraction of sp³-hybridized carbons (Fsp3) is 0.182. The number of ether oxygens (including phenoxy) is 1. The molecule has 0 atom stereocenters. The summed E-state index contributed by atoms with van der Waals surface area (Å²) >= 11 is 5.96.